The molecule has 0 bridgehead atoms. The molecule has 0 spiro atoms. The van der Waals surface area contributed by atoms with Gasteiger partial charge in [-0.15, -0.1) is 0 Å². The van der Waals surface area contributed by atoms with Gasteiger partial charge in [-0.2, -0.15) is 16.5 Å². The molecule has 1 rings (SSSR count). The van der Waals surface area contributed by atoms with Gasteiger partial charge in [-0.05, 0) is 60.4 Å². The molecule has 0 aliphatic carbocycles. The van der Waals surface area contributed by atoms with E-state index in [9.17, 15) is 18.3 Å². The van der Waals surface area contributed by atoms with Crippen molar-refractivity contribution in [2.24, 2.45) is 0 Å². The van der Waals surface area contributed by atoms with Gasteiger partial charge < -0.3 is 5.11 Å². The summed E-state index contributed by atoms with van der Waals surface area (Å²) in [5.74, 6) is -0.589. The molecule has 5 nitrogen and oxygen atoms in total. The molecule has 2 N–H and O–H groups in total. The largest absolute Gasteiger partial charge is 0.480 e. The molecule has 24 heavy (non-hydrogen) atoms. The maximum atomic E-state index is 12.8. The number of hydrogen-bond donors (Lipinski definition) is 2. The van der Waals surface area contributed by atoms with Gasteiger partial charge in [0.2, 0.25) is 10.0 Å². The number of carboxylic acids is 1. The van der Waals surface area contributed by atoms with Gasteiger partial charge in [0.25, 0.3) is 0 Å². The maximum absolute atomic E-state index is 12.8. The van der Waals surface area contributed by atoms with Crippen molar-refractivity contribution in [3.63, 3.8) is 0 Å². The van der Waals surface area contributed by atoms with E-state index in [0.29, 0.717) is 11.3 Å². The van der Waals surface area contributed by atoms with E-state index < -0.39 is 22.0 Å². The van der Waals surface area contributed by atoms with Crippen molar-refractivity contribution in [3.05, 3.63) is 28.8 Å². The number of nitrogens with one attached hydrogen (secondary N) is 1. The fraction of sp³-hybridized carbons (Fsp3) is 0.588. The normalized spacial score (nSPS) is 13.8. The molecule has 1 aromatic rings. The zero-order valence-corrected chi connectivity index (χ0v) is 16.8. The lowest BCUT2D eigenvalue weighted by Gasteiger charge is -2.23. The molecule has 0 saturated carbocycles. The van der Waals surface area contributed by atoms with Crippen molar-refractivity contribution in [1.82, 2.24) is 4.72 Å². The highest BCUT2D eigenvalue weighted by Gasteiger charge is 2.28. The minimum atomic E-state index is -3.91. The Morgan fingerprint density at radius 1 is 1.29 bits per heavy atom. The SMILES string of the molecule is CSCCC(NS(=O)(=O)c1cc(C(C)(C)C)cc(C)c1C)C(=O)O. The first-order chi connectivity index (χ1) is 10.9. The van der Waals surface area contributed by atoms with E-state index >= 15 is 0 Å². The molecule has 0 aliphatic heterocycles. The molecule has 1 aromatic carbocycles. The fourth-order valence-corrected chi connectivity index (χ4v) is 4.30. The zero-order chi connectivity index (χ0) is 18.7. The number of rotatable bonds is 7. The van der Waals surface area contributed by atoms with E-state index in [0.717, 1.165) is 11.1 Å². The monoisotopic (exact) mass is 373 g/mol. The highest BCUT2D eigenvalue weighted by atomic mass is 32.2. The topological polar surface area (TPSA) is 83.5 Å². The Balaban J connectivity index is 3.31. The smallest absolute Gasteiger partial charge is 0.321 e. The van der Waals surface area contributed by atoms with Crippen molar-refractivity contribution in [3.8, 4) is 0 Å². The molecule has 7 heteroatoms. The standard InChI is InChI=1S/C17H27NO4S2/c1-11-9-13(17(3,4)5)10-15(12(11)2)24(21,22)18-14(16(19)20)7-8-23-6/h9-10,14,18H,7-8H2,1-6H3,(H,19,20). The number of thioether (sulfide) groups is 1. The van der Waals surface area contributed by atoms with Crippen molar-refractivity contribution in [1.29, 1.82) is 0 Å². The van der Waals surface area contributed by atoms with Crippen LogP contribution in [0.3, 0.4) is 0 Å². The van der Waals surface area contributed by atoms with E-state index in [-0.39, 0.29) is 16.7 Å². The molecule has 0 saturated heterocycles. The van der Waals surface area contributed by atoms with Gasteiger partial charge in [0.1, 0.15) is 6.04 Å². The molecule has 0 aliphatic rings. The second-order valence-electron chi connectivity index (χ2n) is 6.96. The highest BCUT2D eigenvalue weighted by molar-refractivity contribution is 7.98. The van der Waals surface area contributed by atoms with Crippen LogP contribution in [0.25, 0.3) is 0 Å². The third kappa shape index (κ3) is 5.22. The second kappa shape index (κ2) is 7.89. The summed E-state index contributed by atoms with van der Waals surface area (Å²) in [6.45, 7) is 9.65. The van der Waals surface area contributed by atoms with E-state index in [1.165, 1.54) is 11.8 Å². The van der Waals surface area contributed by atoms with E-state index in [4.69, 9.17) is 0 Å². The van der Waals surface area contributed by atoms with Gasteiger partial charge in [0.05, 0.1) is 4.90 Å². The van der Waals surface area contributed by atoms with Crippen LogP contribution in [0.1, 0.15) is 43.9 Å². The Labute approximate surface area is 149 Å². The van der Waals surface area contributed by atoms with Crippen LogP contribution in [0.15, 0.2) is 17.0 Å². The predicted molar refractivity (Wildman–Crippen MR) is 99.4 cm³/mol. The predicted octanol–water partition coefficient (Wildman–Crippen LogP) is 3.09. The summed E-state index contributed by atoms with van der Waals surface area (Å²) in [6, 6.07) is 2.51. The quantitative estimate of drug-likeness (QED) is 0.767. The van der Waals surface area contributed by atoms with E-state index in [2.05, 4.69) is 4.72 Å². The van der Waals surface area contributed by atoms with Crippen LogP contribution >= 0.6 is 11.8 Å². The van der Waals surface area contributed by atoms with Crippen LogP contribution in [0, 0.1) is 13.8 Å². The van der Waals surface area contributed by atoms with Gasteiger partial charge in [0, 0.05) is 0 Å². The van der Waals surface area contributed by atoms with Gasteiger partial charge in [-0.25, -0.2) is 8.42 Å². The first-order valence-electron chi connectivity index (χ1n) is 7.76. The number of aryl methyl sites for hydroxylation is 1. The molecular formula is C17H27NO4S2. The molecule has 0 fully saturated rings. The summed E-state index contributed by atoms with van der Waals surface area (Å²) in [5, 5.41) is 9.28. The minimum absolute atomic E-state index is 0.155. The third-order valence-corrected chi connectivity index (χ3v) is 6.22. The first-order valence-corrected chi connectivity index (χ1v) is 10.6. The van der Waals surface area contributed by atoms with Gasteiger partial charge in [-0.3, -0.25) is 4.79 Å². The molecule has 0 amide bonds. The molecule has 1 atom stereocenters. The van der Waals surface area contributed by atoms with E-state index in [1.54, 1.807) is 13.0 Å². The lowest BCUT2D eigenvalue weighted by atomic mass is 9.85. The van der Waals surface area contributed by atoms with E-state index in [1.807, 2.05) is 40.0 Å². The average molecular weight is 374 g/mol. The summed E-state index contributed by atoms with van der Waals surface area (Å²) in [6.07, 6.45) is 2.10. The van der Waals surface area contributed by atoms with Crippen LogP contribution in [0.5, 0.6) is 0 Å². The Morgan fingerprint density at radius 3 is 2.33 bits per heavy atom. The molecule has 1 unspecified atom stereocenters. The summed E-state index contributed by atoms with van der Waals surface area (Å²) < 4.78 is 27.9. The number of carbonyl (C=O) groups is 1. The summed E-state index contributed by atoms with van der Waals surface area (Å²) >= 11 is 1.48. The first kappa shape index (κ1) is 21.0. The highest BCUT2D eigenvalue weighted by Crippen LogP contribution is 2.29. The Morgan fingerprint density at radius 2 is 1.88 bits per heavy atom. The van der Waals surface area contributed by atoms with Crippen molar-refractivity contribution < 1.29 is 18.3 Å². The van der Waals surface area contributed by atoms with Crippen LogP contribution in [0.4, 0.5) is 0 Å². The fourth-order valence-electron chi connectivity index (χ4n) is 2.26. The maximum Gasteiger partial charge on any atom is 0.321 e. The van der Waals surface area contributed by atoms with Crippen molar-refractivity contribution in [2.75, 3.05) is 12.0 Å². The summed E-state index contributed by atoms with van der Waals surface area (Å²) in [4.78, 5) is 11.5. The minimum Gasteiger partial charge on any atom is -0.480 e. The van der Waals surface area contributed by atoms with Gasteiger partial charge in [-0.1, -0.05) is 26.8 Å². The lowest BCUT2D eigenvalue weighted by Crippen LogP contribution is -2.41. The number of carboxylic acid groups (broad SMARTS) is 1. The number of aliphatic carboxylic acids is 1. The van der Waals surface area contributed by atoms with Crippen molar-refractivity contribution in [2.45, 2.75) is 57.4 Å². The van der Waals surface area contributed by atoms with Crippen molar-refractivity contribution >= 4 is 27.8 Å². The van der Waals surface area contributed by atoms with Gasteiger partial charge >= 0.3 is 5.97 Å². The zero-order valence-electron chi connectivity index (χ0n) is 15.1. The number of benzene rings is 1. The summed E-state index contributed by atoms with van der Waals surface area (Å²) in [5.41, 5.74) is 2.22. The second-order valence-corrected chi connectivity index (χ2v) is 9.63. The molecular weight excluding hydrogens is 346 g/mol. The third-order valence-electron chi connectivity index (χ3n) is 3.98. The summed E-state index contributed by atoms with van der Waals surface area (Å²) in [7, 11) is -3.91. The Bertz CT molecular complexity index is 706. The van der Waals surface area contributed by atoms with Crippen LogP contribution in [0.2, 0.25) is 0 Å². The lowest BCUT2D eigenvalue weighted by molar-refractivity contribution is -0.139. The van der Waals surface area contributed by atoms with Crippen LogP contribution in [-0.2, 0) is 20.2 Å². The molecule has 0 radical (unpaired) electrons. The van der Waals surface area contributed by atoms with Gasteiger partial charge in [0.15, 0.2) is 0 Å². The Hall–Kier alpha value is -1.05. The average Bonchev–Trinajstić information content (AvgIpc) is 2.44. The molecule has 0 heterocycles. The Kier molecular flexibility index (Phi) is 6.90. The van der Waals surface area contributed by atoms with Crippen LogP contribution in [-0.4, -0.2) is 37.5 Å². The number of sulfonamides is 1. The molecule has 136 valence electrons. The van der Waals surface area contributed by atoms with Crippen LogP contribution < -0.4 is 4.72 Å². The number of hydrogen-bond acceptors (Lipinski definition) is 4. The molecule has 0 aromatic heterocycles.